The van der Waals surface area contributed by atoms with Crippen molar-refractivity contribution in [3.8, 4) is 5.88 Å². The zero-order valence-electron chi connectivity index (χ0n) is 17.7. The molecule has 1 saturated heterocycles. The van der Waals surface area contributed by atoms with Gasteiger partial charge >= 0.3 is 0 Å². The van der Waals surface area contributed by atoms with Crippen molar-refractivity contribution in [2.24, 2.45) is 5.92 Å². The molecule has 172 valence electrons. The van der Waals surface area contributed by atoms with Gasteiger partial charge in [0.1, 0.15) is 0 Å². The number of likely N-dealkylation sites (tertiary alicyclic amines) is 1. The number of carbonyl (C=O) groups excluding carboxylic acids is 1. The topological polar surface area (TPSA) is 88.4 Å². The number of nitrogens with zero attached hydrogens (tertiary/aromatic N) is 4. The van der Waals surface area contributed by atoms with E-state index in [1.165, 1.54) is 24.5 Å². The van der Waals surface area contributed by atoms with Gasteiger partial charge in [-0.25, -0.2) is 13.8 Å². The van der Waals surface area contributed by atoms with E-state index in [0.29, 0.717) is 28.4 Å². The molecule has 3 heterocycles. The Balaban J connectivity index is 1.55. The Bertz CT molecular complexity index is 1150. The van der Waals surface area contributed by atoms with Crippen molar-refractivity contribution in [2.75, 3.05) is 13.1 Å². The van der Waals surface area contributed by atoms with Crippen LogP contribution in [0.4, 0.5) is 8.78 Å². The number of amides is 1. The quantitative estimate of drug-likeness (QED) is 0.547. The third-order valence-electron chi connectivity index (χ3n) is 5.59. The third kappa shape index (κ3) is 5.43. The van der Waals surface area contributed by atoms with Crippen molar-refractivity contribution >= 4 is 17.5 Å². The Morgan fingerprint density at radius 1 is 1.21 bits per heavy atom. The maximum absolute atomic E-state index is 13.9. The van der Waals surface area contributed by atoms with Gasteiger partial charge in [-0.3, -0.25) is 4.79 Å². The first-order chi connectivity index (χ1) is 15.8. The van der Waals surface area contributed by atoms with Gasteiger partial charge in [0.25, 0.3) is 5.91 Å². The second kappa shape index (κ2) is 9.76. The van der Waals surface area contributed by atoms with E-state index in [2.05, 4.69) is 15.2 Å². The molecule has 0 bridgehead atoms. The minimum absolute atomic E-state index is 0.144. The molecule has 1 amide bonds. The number of aromatic nitrogens is 3. The van der Waals surface area contributed by atoms with Crippen LogP contribution in [-0.2, 0) is 0 Å². The number of carbonyl (C=O) groups is 1. The first kappa shape index (κ1) is 23.0. The summed E-state index contributed by atoms with van der Waals surface area (Å²) in [6, 6.07) is 8.44. The standard InChI is InChI=1S/C23H21ClF2N4O3/c1-13-6-15(9-28-29-13)23(32)30-11-16(8-22(31)33-21-5-3-17(24)10-27-21)18(12-30)14-2-4-19(25)20(26)7-14/h2-7,9-10,16,18,22,31H,8,11-12H2,1H3/t16-,18+,22+/m0/s1. The minimum Gasteiger partial charge on any atom is -0.448 e. The van der Waals surface area contributed by atoms with Gasteiger partial charge in [0, 0.05) is 37.7 Å². The molecule has 33 heavy (non-hydrogen) atoms. The fourth-order valence-corrected chi connectivity index (χ4v) is 4.16. The SMILES string of the molecule is Cc1cc(C(=O)N2C[C@H](C[C@H](O)Oc3ccc(Cl)cn3)[C@@H](c3ccc(F)c(F)c3)C2)cnn1. The van der Waals surface area contributed by atoms with Crippen LogP contribution in [0.15, 0.2) is 48.8 Å². The maximum atomic E-state index is 13.9. The van der Waals surface area contributed by atoms with Crippen LogP contribution in [0.1, 0.15) is 34.0 Å². The highest BCUT2D eigenvalue weighted by Gasteiger charge is 2.38. The summed E-state index contributed by atoms with van der Waals surface area (Å²) in [7, 11) is 0. The van der Waals surface area contributed by atoms with Gasteiger partial charge in [-0.2, -0.15) is 10.2 Å². The summed E-state index contributed by atoms with van der Waals surface area (Å²) < 4.78 is 32.9. The molecule has 10 heteroatoms. The number of aliphatic hydroxyl groups is 1. The Hall–Kier alpha value is -3.17. The summed E-state index contributed by atoms with van der Waals surface area (Å²) in [4.78, 5) is 18.7. The molecule has 1 aliphatic heterocycles. The smallest absolute Gasteiger partial charge is 0.255 e. The van der Waals surface area contributed by atoms with Gasteiger partial charge < -0.3 is 14.7 Å². The predicted molar refractivity (Wildman–Crippen MR) is 116 cm³/mol. The second-order valence-corrected chi connectivity index (χ2v) is 8.40. The Morgan fingerprint density at radius 3 is 2.73 bits per heavy atom. The molecule has 2 aromatic heterocycles. The Morgan fingerprint density at radius 2 is 2.03 bits per heavy atom. The van der Waals surface area contributed by atoms with Crippen molar-refractivity contribution in [2.45, 2.75) is 25.6 Å². The highest BCUT2D eigenvalue weighted by atomic mass is 35.5. The molecule has 1 aromatic carbocycles. The predicted octanol–water partition coefficient (Wildman–Crippen LogP) is 3.75. The van der Waals surface area contributed by atoms with Crippen LogP contribution in [0.3, 0.4) is 0 Å². The number of pyridine rings is 1. The molecule has 1 fully saturated rings. The van der Waals surface area contributed by atoms with Crippen LogP contribution < -0.4 is 4.74 Å². The van der Waals surface area contributed by atoms with Crippen molar-refractivity contribution in [1.29, 1.82) is 0 Å². The maximum Gasteiger partial charge on any atom is 0.255 e. The highest BCUT2D eigenvalue weighted by Crippen LogP contribution is 2.37. The molecule has 1 N–H and O–H groups in total. The van der Waals surface area contributed by atoms with Crippen LogP contribution >= 0.6 is 11.6 Å². The average Bonchev–Trinajstić information content (AvgIpc) is 3.20. The summed E-state index contributed by atoms with van der Waals surface area (Å²) in [5, 5.41) is 18.7. The van der Waals surface area contributed by atoms with E-state index in [4.69, 9.17) is 16.3 Å². The number of halogens is 3. The molecule has 4 rings (SSSR count). The van der Waals surface area contributed by atoms with E-state index in [9.17, 15) is 18.7 Å². The van der Waals surface area contributed by atoms with E-state index in [1.54, 1.807) is 24.0 Å². The zero-order valence-corrected chi connectivity index (χ0v) is 18.4. The summed E-state index contributed by atoms with van der Waals surface area (Å²) >= 11 is 5.82. The minimum atomic E-state index is -1.23. The Kier molecular flexibility index (Phi) is 6.80. The van der Waals surface area contributed by atoms with Gasteiger partial charge in [-0.05, 0) is 42.7 Å². The molecule has 0 spiro atoms. The van der Waals surface area contributed by atoms with Gasteiger partial charge in [-0.1, -0.05) is 17.7 Å². The summed E-state index contributed by atoms with van der Waals surface area (Å²) in [5.74, 6) is -2.59. The van der Waals surface area contributed by atoms with Gasteiger partial charge in [0.15, 0.2) is 17.9 Å². The summed E-state index contributed by atoms with van der Waals surface area (Å²) in [5.41, 5.74) is 1.53. The lowest BCUT2D eigenvalue weighted by molar-refractivity contribution is -0.0376. The number of rotatable bonds is 6. The molecule has 3 aromatic rings. The van der Waals surface area contributed by atoms with Crippen LogP contribution in [0.2, 0.25) is 5.02 Å². The van der Waals surface area contributed by atoms with Gasteiger partial charge in [0.05, 0.1) is 22.5 Å². The zero-order chi connectivity index (χ0) is 23.5. The number of aryl methyl sites for hydroxylation is 1. The van der Waals surface area contributed by atoms with Crippen molar-refractivity contribution < 1.29 is 23.4 Å². The molecule has 0 radical (unpaired) electrons. The van der Waals surface area contributed by atoms with E-state index < -0.39 is 17.9 Å². The van der Waals surface area contributed by atoms with Crippen molar-refractivity contribution in [3.05, 3.63) is 82.3 Å². The largest absolute Gasteiger partial charge is 0.448 e. The van der Waals surface area contributed by atoms with Gasteiger partial charge in [-0.15, -0.1) is 0 Å². The fraction of sp³-hybridized carbons (Fsp3) is 0.304. The van der Waals surface area contributed by atoms with E-state index in [0.717, 1.165) is 12.1 Å². The number of aliphatic hydroxyl groups excluding tert-OH is 1. The number of benzene rings is 1. The van der Waals surface area contributed by atoms with E-state index >= 15 is 0 Å². The van der Waals surface area contributed by atoms with Crippen LogP contribution in [0.25, 0.3) is 0 Å². The third-order valence-corrected chi connectivity index (χ3v) is 5.81. The summed E-state index contributed by atoms with van der Waals surface area (Å²) in [6.07, 6.45) is 1.70. The lowest BCUT2D eigenvalue weighted by Gasteiger charge is -2.21. The van der Waals surface area contributed by atoms with Crippen LogP contribution in [0, 0.1) is 24.5 Å². The van der Waals surface area contributed by atoms with Crippen molar-refractivity contribution in [1.82, 2.24) is 20.1 Å². The molecule has 0 saturated carbocycles. The number of hydrogen-bond acceptors (Lipinski definition) is 6. The number of hydrogen-bond donors (Lipinski definition) is 1. The number of ether oxygens (including phenoxy) is 1. The molecule has 1 aliphatic rings. The average molecular weight is 475 g/mol. The molecule has 0 aliphatic carbocycles. The lowest BCUT2D eigenvalue weighted by Crippen LogP contribution is -2.30. The molecule has 0 unspecified atom stereocenters. The lowest BCUT2D eigenvalue weighted by atomic mass is 9.86. The first-order valence-electron chi connectivity index (χ1n) is 10.3. The normalized spacial score (nSPS) is 18.9. The van der Waals surface area contributed by atoms with Crippen molar-refractivity contribution in [3.63, 3.8) is 0 Å². The Labute approximate surface area is 194 Å². The highest BCUT2D eigenvalue weighted by molar-refractivity contribution is 6.30. The molecule has 7 nitrogen and oxygen atoms in total. The molecular formula is C23H21ClF2N4O3. The molecule has 3 atom stereocenters. The monoisotopic (exact) mass is 474 g/mol. The van der Waals surface area contributed by atoms with Gasteiger partial charge in [0.2, 0.25) is 5.88 Å². The summed E-state index contributed by atoms with van der Waals surface area (Å²) in [6.45, 7) is 2.29. The van der Waals surface area contributed by atoms with E-state index in [-0.39, 0.29) is 36.6 Å². The second-order valence-electron chi connectivity index (χ2n) is 7.96. The van der Waals surface area contributed by atoms with Crippen LogP contribution in [-0.4, -0.2) is 50.5 Å². The molecular weight excluding hydrogens is 454 g/mol. The van der Waals surface area contributed by atoms with Crippen LogP contribution in [0.5, 0.6) is 5.88 Å². The van der Waals surface area contributed by atoms with E-state index in [1.807, 2.05) is 0 Å². The fourth-order valence-electron chi connectivity index (χ4n) is 4.05. The first-order valence-corrected chi connectivity index (χ1v) is 10.7.